The summed E-state index contributed by atoms with van der Waals surface area (Å²) in [6, 6.07) is 13.3. The zero-order valence-electron chi connectivity index (χ0n) is 17.6. The second kappa shape index (κ2) is 8.19. The number of benzene rings is 2. The number of carbonyl (C=O) groups is 3. The molecule has 0 bridgehead atoms. The second-order valence-electron chi connectivity index (χ2n) is 8.36. The van der Waals surface area contributed by atoms with Gasteiger partial charge in [0.15, 0.2) is 5.78 Å². The first-order valence-corrected chi connectivity index (χ1v) is 11.1. The standard InChI is InChI=1S/C25H23ClN2O4/c1-32-13-5-12-27-24(30)20-19-10-8-16-14-17(26)9-11-18(16)28(19)22(21(20)25(27)31)23(29)15-6-3-2-4-7-15/h2-4,6-11,14,19-22H,5,12-13H2,1H3/t19-,20-,21-,22+/m0/s1. The topological polar surface area (TPSA) is 66.9 Å². The number of rotatable bonds is 6. The fourth-order valence-corrected chi connectivity index (χ4v) is 5.45. The van der Waals surface area contributed by atoms with Crippen molar-refractivity contribution in [3.63, 3.8) is 0 Å². The Balaban J connectivity index is 1.59. The van der Waals surface area contributed by atoms with Crippen molar-refractivity contribution in [3.8, 4) is 0 Å². The smallest absolute Gasteiger partial charge is 0.235 e. The minimum Gasteiger partial charge on any atom is -0.385 e. The van der Waals surface area contributed by atoms with Gasteiger partial charge < -0.3 is 9.64 Å². The number of Topliss-reactive ketones (excluding diaryl/α,β-unsaturated/α-hetero) is 1. The molecule has 0 N–H and O–H groups in total. The van der Waals surface area contributed by atoms with E-state index in [4.69, 9.17) is 16.3 Å². The molecule has 32 heavy (non-hydrogen) atoms. The van der Waals surface area contributed by atoms with Crippen molar-refractivity contribution in [1.82, 2.24) is 4.90 Å². The molecule has 2 aromatic carbocycles. The fraction of sp³-hybridized carbons (Fsp3) is 0.320. The van der Waals surface area contributed by atoms with Crippen molar-refractivity contribution in [2.75, 3.05) is 25.2 Å². The number of anilines is 1. The quantitative estimate of drug-likeness (QED) is 0.383. The van der Waals surface area contributed by atoms with Crippen LogP contribution in [0.3, 0.4) is 0 Å². The summed E-state index contributed by atoms with van der Waals surface area (Å²) < 4.78 is 5.08. The van der Waals surface area contributed by atoms with Crippen molar-refractivity contribution in [1.29, 1.82) is 0 Å². The van der Waals surface area contributed by atoms with E-state index < -0.39 is 17.9 Å². The van der Waals surface area contributed by atoms with Gasteiger partial charge in [-0.3, -0.25) is 19.3 Å². The number of ether oxygens (including phenoxy) is 1. The lowest BCUT2D eigenvalue weighted by atomic mass is 9.86. The molecule has 0 unspecified atom stereocenters. The molecule has 2 fully saturated rings. The Morgan fingerprint density at radius 1 is 1.06 bits per heavy atom. The number of ketones is 1. The molecule has 7 heteroatoms. The highest BCUT2D eigenvalue weighted by atomic mass is 35.5. The highest BCUT2D eigenvalue weighted by molar-refractivity contribution is 6.30. The minimum absolute atomic E-state index is 0.154. The van der Waals surface area contributed by atoms with Gasteiger partial charge in [-0.2, -0.15) is 0 Å². The summed E-state index contributed by atoms with van der Waals surface area (Å²) in [6.07, 6.45) is 4.43. The monoisotopic (exact) mass is 450 g/mol. The molecule has 0 radical (unpaired) electrons. The Morgan fingerprint density at radius 3 is 2.56 bits per heavy atom. The molecule has 164 valence electrons. The zero-order chi connectivity index (χ0) is 22.4. The largest absolute Gasteiger partial charge is 0.385 e. The third-order valence-electron chi connectivity index (χ3n) is 6.62. The van der Waals surface area contributed by atoms with E-state index in [2.05, 4.69) is 0 Å². The van der Waals surface area contributed by atoms with Gasteiger partial charge in [0.05, 0.1) is 17.9 Å². The predicted molar refractivity (Wildman–Crippen MR) is 122 cm³/mol. The lowest BCUT2D eigenvalue weighted by molar-refractivity contribution is -0.140. The summed E-state index contributed by atoms with van der Waals surface area (Å²) in [5.41, 5.74) is 2.22. The van der Waals surface area contributed by atoms with E-state index in [0.717, 1.165) is 11.3 Å². The lowest BCUT2D eigenvalue weighted by Gasteiger charge is -2.36. The van der Waals surface area contributed by atoms with Gasteiger partial charge in [-0.25, -0.2) is 0 Å². The average molecular weight is 451 g/mol. The molecular formula is C25H23ClN2O4. The van der Waals surface area contributed by atoms with Gasteiger partial charge in [-0.1, -0.05) is 54.1 Å². The van der Waals surface area contributed by atoms with Crippen molar-refractivity contribution in [2.24, 2.45) is 11.8 Å². The number of methoxy groups -OCH3 is 1. The summed E-state index contributed by atoms with van der Waals surface area (Å²) in [5.74, 6) is -1.96. The number of imide groups is 1. The van der Waals surface area contributed by atoms with Gasteiger partial charge in [0.2, 0.25) is 11.8 Å². The first-order valence-electron chi connectivity index (χ1n) is 10.7. The molecule has 2 aromatic rings. The number of likely N-dealkylation sites (tertiary alicyclic amines) is 1. The maximum atomic E-state index is 13.7. The van der Waals surface area contributed by atoms with Gasteiger partial charge in [-0.05, 0) is 30.2 Å². The number of hydrogen-bond acceptors (Lipinski definition) is 5. The molecule has 0 spiro atoms. The van der Waals surface area contributed by atoms with E-state index in [-0.39, 0.29) is 23.6 Å². The van der Waals surface area contributed by atoms with Crippen LogP contribution in [0.15, 0.2) is 54.6 Å². The van der Waals surface area contributed by atoms with Gasteiger partial charge >= 0.3 is 0 Å². The Morgan fingerprint density at radius 2 is 1.81 bits per heavy atom. The summed E-state index contributed by atoms with van der Waals surface area (Å²) in [7, 11) is 1.59. The zero-order valence-corrected chi connectivity index (χ0v) is 18.4. The second-order valence-corrected chi connectivity index (χ2v) is 8.80. The van der Waals surface area contributed by atoms with Crippen LogP contribution in [-0.4, -0.2) is 54.8 Å². The normalized spacial score (nSPS) is 25.7. The third-order valence-corrected chi connectivity index (χ3v) is 6.85. The molecule has 0 aliphatic carbocycles. The first kappa shape index (κ1) is 20.9. The Kier molecular flexibility index (Phi) is 5.35. The van der Waals surface area contributed by atoms with Crippen molar-refractivity contribution in [3.05, 3.63) is 70.8 Å². The minimum atomic E-state index is -0.763. The number of amides is 2. The van der Waals surface area contributed by atoms with Crippen LogP contribution in [0.4, 0.5) is 5.69 Å². The van der Waals surface area contributed by atoms with E-state index in [1.165, 1.54) is 4.90 Å². The highest BCUT2D eigenvalue weighted by Crippen LogP contribution is 2.49. The summed E-state index contributed by atoms with van der Waals surface area (Å²) in [5, 5.41) is 0.591. The van der Waals surface area contributed by atoms with Crippen LogP contribution in [0.1, 0.15) is 22.3 Å². The Hall–Kier alpha value is -2.96. The van der Waals surface area contributed by atoms with Crippen molar-refractivity contribution in [2.45, 2.75) is 18.5 Å². The average Bonchev–Trinajstić information content (AvgIpc) is 3.27. The first-order chi connectivity index (χ1) is 15.5. The molecular weight excluding hydrogens is 428 g/mol. The molecule has 2 saturated heterocycles. The van der Waals surface area contributed by atoms with Gasteiger partial charge in [0.1, 0.15) is 6.04 Å². The SMILES string of the molecule is COCCCN1C(=O)[C@@H]2[C@H](C1=O)[C@H](C(=O)c1ccccc1)N1c3ccc(Cl)cc3C=C[C@@H]21. The van der Waals surface area contributed by atoms with Crippen molar-refractivity contribution < 1.29 is 19.1 Å². The van der Waals surface area contributed by atoms with E-state index in [0.29, 0.717) is 30.2 Å². The predicted octanol–water partition coefficient (Wildman–Crippen LogP) is 3.44. The number of carbonyl (C=O) groups excluding carboxylic acids is 3. The van der Waals surface area contributed by atoms with Gasteiger partial charge in [0, 0.05) is 36.5 Å². The molecule has 4 atom stereocenters. The van der Waals surface area contributed by atoms with Gasteiger partial charge in [-0.15, -0.1) is 0 Å². The Bertz CT molecular complexity index is 1120. The molecule has 3 aliphatic rings. The van der Waals surface area contributed by atoms with Crippen LogP contribution in [0.25, 0.3) is 6.08 Å². The van der Waals surface area contributed by atoms with Gasteiger partial charge in [0.25, 0.3) is 0 Å². The van der Waals surface area contributed by atoms with Crippen LogP contribution in [0.2, 0.25) is 5.02 Å². The lowest BCUT2D eigenvalue weighted by Crippen LogP contribution is -2.48. The van der Waals surface area contributed by atoms with E-state index >= 15 is 0 Å². The third kappa shape index (κ3) is 3.17. The van der Waals surface area contributed by atoms with Crippen LogP contribution in [-0.2, 0) is 14.3 Å². The number of fused-ring (bicyclic) bond motifs is 5. The highest BCUT2D eigenvalue weighted by Gasteiger charge is 2.63. The summed E-state index contributed by atoms with van der Waals surface area (Å²) >= 11 is 6.19. The van der Waals surface area contributed by atoms with Crippen LogP contribution in [0.5, 0.6) is 0 Å². The number of hydrogen-bond donors (Lipinski definition) is 0. The maximum absolute atomic E-state index is 13.7. The van der Waals surface area contributed by atoms with Crippen LogP contribution in [0, 0.1) is 11.8 Å². The molecule has 6 nitrogen and oxygen atoms in total. The molecule has 0 aromatic heterocycles. The summed E-state index contributed by atoms with van der Waals surface area (Å²) in [6.45, 7) is 0.760. The molecule has 2 amide bonds. The molecule has 3 aliphatic heterocycles. The maximum Gasteiger partial charge on any atom is 0.235 e. The van der Waals surface area contributed by atoms with Crippen LogP contribution < -0.4 is 4.90 Å². The molecule has 3 heterocycles. The number of nitrogens with zero attached hydrogens (tertiary/aromatic N) is 2. The van der Waals surface area contributed by atoms with E-state index in [1.807, 2.05) is 35.3 Å². The fourth-order valence-electron chi connectivity index (χ4n) is 5.27. The van der Waals surface area contributed by atoms with E-state index in [9.17, 15) is 14.4 Å². The Labute approximate surface area is 191 Å². The summed E-state index contributed by atoms with van der Waals surface area (Å²) in [4.78, 5) is 43.9. The van der Waals surface area contributed by atoms with Crippen LogP contribution >= 0.6 is 11.6 Å². The number of halogens is 1. The molecule has 5 rings (SSSR count). The molecule has 0 saturated carbocycles. The van der Waals surface area contributed by atoms with Crippen molar-refractivity contribution >= 4 is 41.0 Å². The van der Waals surface area contributed by atoms with E-state index in [1.54, 1.807) is 37.4 Å².